The van der Waals surface area contributed by atoms with Crippen LogP contribution in [0.5, 0.6) is 0 Å². The maximum absolute atomic E-state index is 10.2. The predicted octanol–water partition coefficient (Wildman–Crippen LogP) is 2.46. The summed E-state index contributed by atoms with van der Waals surface area (Å²) in [6.45, 7) is 5.16. The summed E-state index contributed by atoms with van der Waals surface area (Å²) in [4.78, 5) is 2.07. The highest BCUT2D eigenvalue weighted by Crippen LogP contribution is 2.17. The third-order valence-corrected chi connectivity index (χ3v) is 3.28. The first-order chi connectivity index (χ1) is 9.08. The Kier molecular flexibility index (Phi) is 4.35. The number of aliphatic hydroxyl groups is 1. The van der Waals surface area contributed by atoms with Crippen molar-refractivity contribution in [2.75, 3.05) is 13.6 Å². The molecule has 0 saturated heterocycles. The van der Waals surface area contributed by atoms with Gasteiger partial charge in [0.2, 0.25) is 0 Å². The van der Waals surface area contributed by atoms with Gasteiger partial charge < -0.3 is 9.63 Å². The van der Waals surface area contributed by atoms with E-state index in [1.165, 1.54) is 0 Å². The molecule has 0 aliphatic carbocycles. The Morgan fingerprint density at radius 1 is 1.26 bits per heavy atom. The van der Waals surface area contributed by atoms with Gasteiger partial charge in [-0.2, -0.15) is 0 Å². The van der Waals surface area contributed by atoms with Gasteiger partial charge in [-0.1, -0.05) is 35.5 Å². The first kappa shape index (κ1) is 13.8. The minimum absolute atomic E-state index is 0.480. The van der Waals surface area contributed by atoms with Gasteiger partial charge in [-0.3, -0.25) is 4.90 Å². The van der Waals surface area contributed by atoms with Gasteiger partial charge in [0.25, 0.3) is 0 Å². The summed E-state index contributed by atoms with van der Waals surface area (Å²) in [5.74, 6) is 0.846. The molecular weight excluding hydrogens is 240 g/mol. The summed E-state index contributed by atoms with van der Waals surface area (Å²) >= 11 is 0. The molecule has 0 aliphatic rings. The van der Waals surface area contributed by atoms with E-state index in [1.807, 2.05) is 51.2 Å². The van der Waals surface area contributed by atoms with E-state index in [0.29, 0.717) is 6.54 Å². The highest BCUT2D eigenvalue weighted by molar-refractivity contribution is 5.21. The van der Waals surface area contributed by atoms with Gasteiger partial charge in [0.05, 0.1) is 11.8 Å². The van der Waals surface area contributed by atoms with Gasteiger partial charge >= 0.3 is 0 Å². The fourth-order valence-electron chi connectivity index (χ4n) is 2.14. The monoisotopic (exact) mass is 260 g/mol. The zero-order chi connectivity index (χ0) is 13.8. The normalized spacial score (nSPS) is 12.9. The summed E-state index contributed by atoms with van der Waals surface area (Å²) in [5, 5.41) is 14.1. The summed E-state index contributed by atoms with van der Waals surface area (Å²) in [7, 11) is 1.98. The molecule has 102 valence electrons. The van der Waals surface area contributed by atoms with Crippen LogP contribution in [0.2, 0.25) is 0 Å². The van der Waals surface area contributed by atoms with E-state index in [9.17, 15) is 5.11 Å². The van der Waals surface area contributed by atoms with Crippen molar-refractivity contribution >= 4 is 0 Å². The largest absolute Gasteiger partial charge is 0.387 e. The lowest BCUT2D eigenvalue weighted by molar-refractivity contribution is 0.123. The van der Waals surface area contributed by atoms with Crippen molar-refractivity contribution in [3.8, 4) is 0 Å². The fourth-order valence-corrected chi connectivity index (χ4v) is 2.14. The van der Waals surface area contributed by atoms with Crippen molar-refractivity contribution in [2.45, 2.75) is 26.5 Å². The van der Waals surface area contributed by atoms with E-state index in [0.717, 1.165) is 29.1 Å². The van der Waals surface area contributed by atoms with Crippen LogP contribution in [0.15, 0.2) is 34.9 Å². The SMILES string of the molecule is Cc1noc(C)c1CN(C)C[C@@H](O)c1ccccc1. The third kappa shape index (κ3) is 3.43. The molecule has 2 aromatic rings. The van der Waals surface area contributed by atoms with Crippen LogP contribution in [0.1, 0.15) is 28.7 Å². The van der Waals surface area contributed by atoms with Crippen LogP contribution < -0.4 is 0 Å². The zero-order valence-corrected chi connectivity index (χ0v) is 11.6. The van der Waals surface area contributed by atoms with Crippen molar-refractivity contribution in [3.05, 3.63) is 52.9 Å². The van der Waals surface area contributed by atoms with Gasteiger partial charge in [0.1, 0.15) is 5.76 Å². The fraction of sp³-hybridized carbons (Fsp3) is 0.400. The number of nitrogens with zero attached hydrogens (tertiary/aromatic N) is 2. The Morgan fingerprint density at radius 2 is 1.95 bits per heavy atom. The quantitative estimate of drug-likeness (QED) is 0.897. The zero-order valence-electron chi connectivity index (χ0n) is 11.6. The molecule has 2 rings (SSSR count). The molecule has 19 heavy (non-hydrogen) atoms. The number of likely N-dealkylation sites (N-methyl/N-ethyl adjacent to an activating group) is 1. The number of hydrogen-bond acceptors (Lipinski definition) is 4. The second-order valence-electron chi connectivity index (χ2n) is 4.93. The molecule has 0 amide bonds. The van der Waals surface area contributed by atoms with Crippen LogP contribution in [0.25, 0.3) is 0 Å². The van der Waals surface area contributed by atoms with Crippen molar-refractivity contribution in [2.24, 2.45) is 0 Å². The lowest BCUT2D eigenvalue weighted by Gasteiger charge is -2.20. The summed E-state index contributed by atoms with van der Waals surface area (Å²) < 4.78 is 5.15. The van der Waals surface area contributed by atoms with Crippen LogP contribution in [0.3, 0.4) is 0 Å². The molecule has 0 unspecified atom stereocenters. The molecule has 1 N–H and O–H groups in total. The lowest BCUT2D eigenvalue weighted by Crippen LogP contribution is -2.24. The van der Waals surface area contributed by atoms with E-state index in [4.69, 9.17) is 4.52 Å². The second kappa shape index (κ2) is 5.99. The van der Waals surface area contributed by atoms with Crippen molar-refractivity contribution in [1.29, 1.82) is 0 Å². The molecule has 0 bridgehead atoms. The molecule has 0 fully saturated rings. The van der Waals surface area contributed by atoms with Crippen LogP contribution >= 0.6 is 0 Å². The summed E-state index contributed by atoms with van der Waals surface area (Å²) in [6, 6.07) is 9.70. The molecule has 1 aromatic heterocycles. The van der Waals surface area contributed by atoms with Crippen LogP contribution in [-0.2, 0) is 6.54 Å². The van der Waals surface area contributed by atoms with E-state index >= 15 is 0 Å². The van der Waals surface area contributed by atoms with E-state index in [2.05, 4.69) is 10.1 Å². The second-order valence-corrected chi connectivity index (χ2v) is 4.93. The van der Waals surface area contributed by atoms with Gasteiger partial charge in [0, 0.05) is 18.7 Å². The number of aliphatic hydroxyl groups excluding tert-OH is 1. The van der Waals surface area contributed by atoms with Gasteiger partial charge in [-0.25, -0.2) is 0 Å². The number of aryl methyl sites for hydroxylation is 2. The minimum Gasteiger partial charge on any atom is -0.387 e. The molecule has 0 spiro atoms. The molecule has 1 aromatic carbocycles. The molecule has 1 atom stereocenters. The Morgan fingerprint density at radius 3 is 2.53 bits per heavy atom. The van der Waals surface area contributed by atoms with E-state index < -0.39 is 6.10 Å². The highest BCUT2D eigenvalue weighted by Gasteiger charge is 2.14. The molecule has 4 nitrogen and oxygen atoms in total. The summed E-state index contributed by atoms with van der Waals surface area (Å²) in [5.41, 5.74) is 2.95. The third-order valence-electron chi connectivity index (χ3n) is 3.28. The number of hydrogen-bond donors (Lipinski definition) is 1. The maximum Gasteiger partial charge on any atom is 0.138 e. The lowest BCUT2D eigenvalue weighted by atomic mass is 10.1. The Bertz CT molecular complexity index is 503. The average Bonchev–Trinajstić information content (AvgIpc) is 2.71. The minimum atomic E-state index is -0.480. The Balaban J connectivity index is 1.97. The molecule has 1 heterocycles. The average molecular weight is 260 g/mol. The first-order valence-electron chi connectivity index (χ1n) is 6.41. The molecular formula is C15H20N2O2. The van der Waals surface area contributed by atoms with Crippen molar-refractivity contribution in [1.82, 2.24) is 10.1 Å². The maximum atomic E-state index is 10.2. The van der Waals surface area contributed by atoms with Crippen molar-refractivity contribution in [3.63, 3.8) is 0 Å². The van der Waals surface area contributed by atoms with E-state index in [1.54, 1.807) is 0 Å². The first-order valence-corrected chi connectivity index (χ1v) is 6.41. The van der Waals surface area contributed by atoms with Gasteiger partial charge in [0.15, 0.2) is 0 Å². The number of aromatic nitrogens is 1. The molecule has 4 heteroatoms. The van der Waals surface area contributed by atoms with E-state index in [-0.39, 0.29) is 0 Å². The smallest absolute Gasteiger partial charge is 0.138 e. The standard InChI is InChI=1S/C15H20N2O2/c1-11-14(12(2)19-16-11)9-17(3)10-15(18)13-7-5-4-6-8-13/h4-8,15,18H,9-10H2,1-3H3/t15-/m1/s1. The van der Waals surface area contributed by atoms with Crippen molar-refractivity contribution < 1.29 is 9.63 Å². The molecule has 0 saturated carbocycles. The number of rotatable bonds is 5. The number of benzene rings is 1. The Hall–Kier alpha value is -1.65. The summed E-state index contributed by atoms with van der Waals surface area (Å²) in [6.07, 6.45) is -0.480. The van der Waals surface area contributed by atoms with Crippen LogP contribution in [0, 0.1) is 13.8 Å². The topological polar surface area (TPSA) is 49.5 Å². The molecule has 0 radical (unpaired) electrons. The Labute approximate surface area is 113 Å². The van der Waals surface area contributed by atoms with Crippen LogP contribution in [-0.4, -0.2) is 28.8 Å². The van der Waals surface area contributed by atoms with Gasteiger partial charge in [-0.15, -0.1) is 0 Å². The van der Waals surface area contributed by atoms with Crippen LogP contribution in [0.4, 0.5) is 0 Å². The predicted molar refractivity (Wildman–Crippen MR) is 73.7 cm³/mol. The highest BCUT2D eigenvalue weighted by atomic mass is 16.5. The van der Waals surface area contributed by atoms with Gasteiger partial charge in [-0.05, 0) is 26.5 Å². The molecule has 0 aliphatic heterocycles.